The maximum atomic E-state index is 13.1. The van der Waals surface area contributed by atoms with Gasteiger partial charge in [0.2, 0.25) is 5.91 Å². The molecule has 0 bridgehead atoms. The Hall–Kier alpha value is -3.04. The molecule has 1 saturated heterocycles. The van der Waals surface area contributed by atoms with Crippen molar-refractivity contribution in [2.24, 2.45) is 0 Å². The molecule has 2 amide bonds. The number of hydrogen-bond acceptors (Lipinski definition) is 6. The lowest BCUT2D eigenvalue weighted by Gasteiger charge is -2.35. The van der Waals surface area contributed by atoms with E-state index in [0.717, 1.165) is 22.3 Å². The molecular weight excluding hydrogens is 468 g/mol. The normalized spacial score (nSPS) is 17.1. The van der Waals surface area contributed by atoms with Gasteiger partial charge in [-0.1, -0.05) is 48.5 Å². The molecule has 1 fully saturated rings. The zero-order chi connectivity index (χ0) is 24.8. The average molecular weight is 499 g/mol. The number of nitrogens with one attached hydrogen (secondary N) is 2. The van der Waals surface area contributed by atoms with E-state index in [0.29, 0.717) is 12.2 Å². The van der Waals surface area contributed by atoms with Crippen molar-refractivity contribution in [3.63, 3.8) is 0 Å². The molecule has 186 valence electrons. The van der Waals surface area contributed by atoms with E-state index in [1.807, 2.05) is 42.7 Å². The van der Waals surface area contributed by atoms with Gasteiger partial charge in [-0.2, -0.15) is 11.8 Å². The number of aliphatic carboxylic acids is 1. The lowest BCUT2D eigenvalue weighted by molar-refractivity contribution is -0.152. The van der Waals surface area contributed by atoms with E-state index >= 15 is 0 Å². The molecule has 1 aliphatic heterocycles. The summed E-state index contributed by atoms with van der Waals surface area (Å²) < 4.78 is 10.9. The van der Waals surface area contributed by atoms with Crippen LogP contribution in [0.4, 0.5) is 4.79 Å². The summed E-state index contributed by atoms with van der Waals surface area (Å²) in [5.41, 5.74) is 3.06. The second-order valence-corrected chi connectivity index (χ2v) is 9.78. The first-order valence-electron chi connectivity index (χ1n) is 11.7. The van der Waals surface area contributed by atoms with E-state index in [4.69, 9.17) is 9.47 Å². The van der Waals surface area contributed by atoms with Crippen LogP contribution in [0.2, 0.25) is 0 Å². The highest BCUT2D eigenvalue weighted by Crippen LogP contribution is 2.44. The van der Waals surface area contributed by atoms with Crippen LogP contribution in [0.25, 0.3) is 11.1 Å². The topological polar surface area (TPSA) is 114 Å². The molecule has 35 heavy (non-hydrogen) atoms. The second-order valence-electron chi connectivity index (χ2n) is 8.79. The number of carboxylic acids is 1. The Morgan fingerprint density at radius 1 is 1.09 bits per heavy atom. The molecule has 1 atom stereocenters. The van der Waals surface area contributed by atoms with Crippen molar-refractivity contribution >= 4 is 29.7 Å². The number of carbonyl (C=O) groups is 3. The van der Waals surface area contributed by atoms with Gasteiger partial charge in [0.1, 0.15) is 18.2 Å². The van der Waals surface area contributed by atoms with E-state index in [1.165, 1.54) is 11.8 Å². The Bertz CT molecular complexity index is 1040. The molecule has 0 aromatic heterocycles. The van der Waals surface area contributed by atoms with Gasteiger partial charge in [0, 0.05) is 32.0 Å². The molecule has 1 aliphatic carbocycles. The van der Waals surface area contributed by atoms with E-state index in [-0.39, 0.29) is 38.6 Å². The molecule has 9 heteroatoms. The van der Waals surface area contributed by atoms with Crippen LogP contribution in [0.15, 0.2) is 48.5 Å². The maximum absolute atomic E-state index is 13.1. The predicted molar refractivity (Wildman–Crippen MR) is 134 cm³/mol. The third kappa shape index (κ3) is 5.46. The molecule has 8 nitrogen and oxygen atoms in total. The van der Waals surface area contributed by atoms with Gasteiger partial charge in [0.05, 0.1) is 0 Å². The van der Waals surface area contributed by atoms with Crippen molar-refractivity contribution in [1.82, 2.24) is 10.6 Å². The SMILES string of the molecule is CSCC[C@H](NC(=O)OCC1c2ccccc2-c2ccccc21)C(=O)NC1(C(=O)O)CCOCC1. The third-order valence-corrected chi connectivity index (χ3v) is 7.33. The number of rotatable bonds is 9. The van der Waals surface area contributed by atoms with Gasteiger partial charge < -0.3 is 25.2 Å². The van der Waals surface area contributed by atoms with Crippen molar-refractivity contribution in [3.8, 4) is 11.1 Å². The first-order valence-corrected chi connectivity index (χ1v) is 13.1. The summed E-state index contributed by atoms with van der Waals surface area (Å²) >= 11 is 1.54. The summed E-state index contributed by atoms with van der Waals surface area (Å²) in [5, 5.41) is 15.1. The summed E-state index contributed by atoms with van der Waals surface area (Å²) in [7, 11) is 0. The minimum atomic E-state index is -1.39. The molecule has 0 saturated carbocycles. The Balaban J connectivity index is 1.42. The quantitative estimate of drug-likeness (QED) is 0.486. The zero-order valence-electron chi connectivity index (χ0n) is 19.6. The van der Waals surface area contributed by atoms with Crippen LogP contribution < -0.4 is 10.6 Å². The van der Waals surface area contributed by atoms with Crippen LogP contribution in [0.3, 0.4) is 0 Å². The van der Waals surface area contributed by atoms with Crippen molar-refractivity contribution in [1.29, 1.82) is 0 Å². The van der Waals surface area contributed by atoms with Crippen LogP contribution >= 0.6 is 11.8 Å². The summed E-state index contributed by atoms with van der Waals surface area (Å²) in [4.78, 5) is 37.7. The smallest absolute Gasteiger partial charge is 0.407 e. The third-order valence-electron chi connectivity index (χ3n) is 6.68. The van der Waals surface area contributed by atoms with E-state index in [2.05, 4.69) is 22.8 Å². The first kappa shape index (κ1) is 25.1. The Labute approximate surface area is 208 Å². The highest BCUT2D eigenvalue weighted by molar-refractivity contribution is 7.98. The van der Waals surface area contributed by atoms with Crippen molar-refractivity contribution in [3.05, 3.63) is 59.7 Å². The van der Waals surface area contributed by atoms with Gasteiger partial charge in [-0.05, 0) is 40.7 Å². The number of benzene rings is 2. The maximum Gasteiger partial charge on any atom is 0.407 e. The summed E-state index contributed by atoms with van der Waals surface area (Å²) in [6, 6.07) is 15.2. The second kappa shape index (κ2) is 11.1. The predicted octanol–water partition coefficient (Wildman–Crippen LogP) is 3.40. The van der Waals surface area contributed by atoms with Crippen molar-refractivity contribution in [2.45, 2.75) is 36.8 Å². The number of amides is 2. The number of hydrogen-bond donors (Lipinski definition) is 3. The summed E-state index contributed by atoms with van der Waals surface area (Å²) in [6.45, 7) is 0.636. The number of ether oxygens (including phenoxy) is 2. The van der Waals surface area contributed by atoms with Gasteiger partial charge in [-0.25, -0.2) is 9.59 Å². The number of alkyl carbamates (subject to hydrolysis) is 1. The lowest BCUT2D eigenvalue weighted by Crippen LogP contribution is -2.61. The largest absolute Gasteiger partial charge is 0.480 e. The number of fused-ring (bicyclic) bond motifs is 3. The van der Waals surface area contributed by atoms with Crippen LogP contribution in [0, 0.1) is 0 Å². The zero-order valence-corrected chi connectivity index (χ0v) is 20.4. The first-order chi connectivity index (χ1) is 16.9. The van der Waals surface area contributed by atoms with Gasteiger partial charge >= 0.3 is 12.1 Å². The molecular formula is C26H30N2O6S. The fourth-order valence-electron chi connectivity index (χ4n) is 4.72. The standard InChI is InChI=1S/C26H30N2O6S/c1-35-15-10-22(23(29)28-26(24(30)31)11-13-33-14-12-26)27-25(32)34-16-21-19-8-4-2-6-17(19)18-7-3-5-9-20(18)21/h2-9,21-22H,10-16H2,1H3,(H,27,32)(H,28,29)(H,30,31)/t22-/m0/s1. The fraction of sp³-hybridized carbons (Fsp3) is 0.423. The Morgan fingerprint density at radius 3 is 2.26 bits per heavy atom. The summed E-state index contributed by atoms with van der Waals surface area (Å²) in [6.07, 6.45) is 1.90. The van der Waals surface area contributed by atoms with E-state index in [1.54, 1.807) is 0 Å². The van der Waals surface area contributed by atoms with Crippen LogP contribution in [-0.2, 0) is 19.1 Å². The molecule has 3 N–H and O–H groups in total. The van der Waals surface area contributed by atoms with Gasteiger partial charge in [0.25, 0.3) is 0 Å². The molecule has 0 spiro atoms. The van der Waals surface area contributed by atoms with Gasteiger partial charge in [-0.3, -0.25) is 4.79 Å². The molecule has 2 aliphatic rings. The van der Waals surface area contributed by atoms with E-state index < -0.39 is 29.6 Å². The van der Waals surface area contributed by atoms with Crippen LogP contribution in [0.5, 0.6) is 0 Å². The van der Waals surface area contributed by atoms with Crippen molar-refractivity contribution in [2.75, 3.05) is 31.8 Å². The van der Waals surface area contributed by atoms with Gasteiger partial charge in [0.15, 0.2) is 0 Å². The monoisotopic (exact) mass is 498 g/mol. The number of thioether (sulfide) groups is 1. The average Bonchev–Trinajstić information content (AvgIpc) is 3.19. The minimum Gasteiger partial charge on any atom is -0.480 e. The Morgan fingerprint density at radius 2 is 1.69 bits per heavy atom. The molecule has 2 aromatic rings. The fourth-order valence-corrected chi connectivity index (χ4v) is 5.19. The Kier molecular flexibility index (Phi) is 7.97. The highest BCUT2D eigenvalue weighted by Gasteiger charge is 2.43. The molecule has 4 rings (SSSR count). The van der Waals surface area contributed by atoms with Crippen LogP contribution in [0.1, 0.15) is 36.3 Å². The molecule has 1 heterocycles. The number of carbonyl (C=O) groups excluding carboxylic acids is 2. The molecule has 0 radical (unpaired) electrons. The molecule has 2 aromatic carbocycles. The van der Waals surface area contributed by atoms with Crippen LogP contribution in [-0.4, -0.2) is 66.5 Å². The summed E-state index contributed by atoms with van der Waals surface area (Å²) in [5.74, 6) is -1.11. The van der Waals surface area contributed by atoms with E-state index in [9.17, 15) is 19.5 Å². The highest BCUT2D eigenvalue weighted by atomic mass is 32.2. The van der Waals surface area contributed by atoms with Gasteiger partial charge in [-0.15, -0.1) is 0 Å². The minimum absolute atomic E-state index is 0.0934. The molecule has 0 unspecified atom stereocenters. The lowest BCUT2D eigenvalue weighted by atomic mass is 9.89. The number of carboxylic acid groups (broad SMARTS) is 1. The van der Waals surface area contributed by atoms with Crippen molar-refractivity contribution < 1.29 is 29.0 Å².